The van der Waals surface area contributed by atoms with Crippen molar-refractivity contribution >= 4 is 28.3 Å². The Balaban J connectivity index is 1.46. The van der Waals surface area contributed by atoms with Crippen molar-refractivity contribution in [2.75, 3.05) is 12.1 Å². The minimum Gasteiger partial charge on any atom is -0.454 e. The van der Waals surface area contributed by atoms with Gasteiger partial charge in [0.15, 0.2) is 16.6 Å². The summed E-state index contributed by atoms with van der Waals surface area (Å²) in [4.78, 5) is 30.6. The molecule has 0 spiro atoms. The molecule has 0 fully saturated rings. The van der Waals surface area contributed by atoms with E-state index in [2.05, 4.69) is 15.6 Å². The largest absolute Gasteiger partial charge is 0.454 e. The third kappa shape index (κ3) is 3.49. The second kappa shape index (κ2) is 7.19. The Labute approximate surface area is 161 Å². The number of ether oxygens (including phenoxy) is 2. The molecule has 8 heteroatoms. The molecule has 2 N–H and O–H groups in total. The second-order valence-electron chi connectivity index (χ2n) is 6.76. The molecule has 4 rings (SSSR count). The fraction of sp³-hybridized carbons (Fsp3) is 0.421. The van der Waals surface area contributed by atoms with Gasteiger partial charge >= 0.3 is 0 Å². The van der Waals surface area contributed by atoms with Crippen LogP contribution in [0.4, 0.5) is 5.13 Å². The van der Waals surface area contributed by atoms with Crippen LogP contribution in [0.25, 0.3) is 0 Å². The van der Waals surface area contributed by atoms with Gasteiger partial charge in [0, 0.05) is 16.5 Å². The van der Waals surface area contributed by atoms with Gasteiger partial charge in [0.25, 0.3) is 5.91 Å². The summed E-state index contributed by atoms with van der Waals surface area (Å²) in [5.74, 6) is 0.714. The Morgan fingerprint density at radius 3 is 2.96 bits per heavy atom. The summed E-state index contributed by atoms with van der Waals surface area (Å²) in [5.41, 5.74) is 1.27. The predicted molar refractivity (Wildman–Crippen MR) is 102 cm³/mol. The number of nitrogens with one attached hydrogen (secondary N) is 2. The number of hydrogen-bond acceptors (Lipinski definition) is 6. The normalized spacial score (nSPS) is 18.1. The average molecular weight is 387 g/mol. The zero-order chi connectivity index (χ0) is 19.0. The van der Waals surface area contributed by atoms with Crippen LogP contribution in [0.5, 0.6) is 11.5 Å². The van der Waals surface area contributed by atoms with Gasteiger partial charge in [-0.25, -0.2) is 4.98 Å². The molecule has 1 aromatic carbocycles. The van der Waals surface area contributed by atoms with Crippen molar-refractivity contribution in [3.63, 3.8) is 0 Å². The van der Waals surface area contributed by atoms with Crippen LogP contribution in [0.15, 0.2) is 18.2 Å². The van der Waals surface area contributed by atoms with Gasteiger partial charge in [0.2, 0.25) is 12.7 Å². The zero-order valence-corrected chi connectivity index (χ0v) is 16.0. The summed E-state index contributed by atoms with van der Waals surface area (Å²) in [7, 11) is 0. The number of aromatic nitrogens is 1. The molecule has 0 radical (unpaired) electrons. The van der Waals surface area contributed by atoms with Gasteiger partial charge in [0.1, 0.15) is 0 Å². The number of thiazole rings is 1. The van der Waals surface area contributed by atoms with Crippen molar-refractivity contribution in [2.24, 2.45) is 0 Å². The first-order valence-corrected chi connectivity index (χ1v) is 9.87. The molecule has 1 aliphatic heterocycles. The van der Waals surface area contributed by atoms with Gasteiger partial charge in [-0.05, 0) is 44.4 Å². The number of anilines is 1. The molecule has 2 atom stereocenters. The monoisotopic (exact) mass is 387 g/mol. The summed E-state index contributed by atoms with van der Waals surface area (Å²) in [6.45, 7) is 4.20. The minimum absolute atomic E-state index is 0.0158. The van der Waals surface area contributed by atoms with Gasteiger partial charge in [-0.2, -0.15) is 0 Å². The number of carbonyl (C=O) groups excluding carboxylic acids is 2. The van der Waals surface area contributed by atoms with E-state index in [1.807, 2.05) is 13.8 Å². The molecule has 2 aromatic rings. The summed E-state index contributed by atoms with van der Waals surface area (Å²) >= 11 is 1.44. The van der Waals surface area contributed by atoms with E-state index in [-0.39, 0.29) is 30.6 Å². The first-order chi connectivity index (χ1) is 13.0. The Morgan fingerprint density at radius 2 is 2.15 bits per heavy atom. The van der Waals surface area contributed by atoms with E-state index in [4.69, 9.17) is 9.47 Å². The standard InChI is InChI=1S/C19H21N3O4S/c1-3-10(2)20-18(24)12-5-7-15-16(12)21-19(27-15)22-17(23)11-4-6-13-14(8-11)26-9-25-13/h4,6,8,10,12H,3,5,7,9H2,1-2H3,(H,20,24)(H,21,22,23). The van der Waals surface area contributed by atoms with Crippen LogP contribution in [0, 0.1) is 0 Å². The highest BCUT2D eigenvalue weighted by molar-refractivity contribution is 7.16. The number of fused-ring (bicyclic) bond motifs is 2. The molecule has 7 nitrogen and oxygen atoms in total. The minimum atomic E-state index is -0.263. The van der Waals surface area contributed by atoms with E-state index in [1.165, 1.54) is 11.3 Å². The van der Waals surface area contributed by atoms with Crippen LogP contribution in [0.1, 0.15) is 53.5 Å². The van der Waals surface area contributed by atoms with Gasteiger partial charge < -0.3 is 14.8 Å². The maximum Gasteiger partial charge on any atom is 0.257 e. The number of nitrogens with zero attached hydrogens (tertiary/aromatic N) is 1. The lowest BCUT2D eigenvalue weighted by atomic mass is 10.1. The van der Waals surface area contributed by atoms with Gasteiger partial charge in [0.05, 0.1) is 11.6 Å². The van der Waals surface area contributed by atoms with Crippen molar-refractivity contribution in [3.8, 4) is 11.5 Å². The number of carbonyl (C=O) groups is 2. The van der Waals surface area contributed by atoms with Crippen molar-refractivity contribution in [3.05, 3.63) is 34.3 Å². The Hall–Kier alpha value is -2.61. The summed E-state index contributed by atoms with van der Waals surface area (Å²) < 4.78 is 10.6. The van der Waals surface area contributed by atoms with E-state index in [0.717, 1.165) is 29.8 Å². The highest BCUT2D eigenvalue weighted by atomic mass is 32.1. The lowest BCUT2D eigenvalue weighted by Gasteiger charge is -2.15. The Kier molecular flexibility index (Phi) is 4.73. The molecule has 0 bridgehead atoms. The summed E-state index contributed by atoms with van der Waals surface area (Å²) in [5, 5.41) is 6.37. The van der Waals surface area contributed by atoms with E-state index < -0.39 is 0 Å². The molecule has 2 amide bonds. The van der Waals surface area contributed by atoms with E-state index in [1.54, 1.807) is 18.2 Å². The number of benzene rings is 1. The van der Waals surface area contributed by atoms with Crippen molar-refractivity contribution in [1.29, 1.82) is 0 Å². The Morgan fingerprint density at radius 1 is 1.33 bits per heavy atom. The smallest absolute Gasteiger partial charge is 0.257 e. The van der Waals surface area contributed by atoms with Crippen molar-refractivity contribution in [1.82, 2.24) is 10.3 Å². The molecular formula is C19H21N3O4S. The molecule has 27 heavy (non-hydrogen) atoms. The molecule has 2 unspecified atom stereocenters. The van der Waals surface area contributed by atoms with Crippen LogP contribution in [-0.2, 0) is 11.2 Å². The van der Waals surface area contributed by atoms with Gasteiger partial charge in [-0.15, -0.1) is 11.3 Å². The molecular weight excluding hydrogens is 366 g/mol. The number of rotatable bonds is 5. The van der Waals surface area contributed by atoms with Gasteiger partial charge in [-0.1, -0.05) is 6.92 Å². The molecule has 0 saturated heterocycles. The lowest BCUT2D eigenvalue weighted by molar-refractivity contribution is -0.123. The molecule has 1 aromatic heterocycles. The second-order valence-corrected chi connectivity index (χ2v) is 7.84. The summed E-state index contributed by atoms with van der Waals surface area (Å²) in [6.07, 6.45) is 2.47. The highest BCUT2D eigenvalue weighted by Gasteiger charge is 2.33. The first-order valence-electron chi connectivity index (χ1n) is 9.06. The maximum absolute atomic E-state index is 12.5. The molecule has 2 aliphatic rings. The molecule has 1 aliphatic carbocycles. The SMILES string of the molecule is CCC(C)NC(=O)C1CCc2sc(NC(=O)c3ccc4c(c3)OCO4)nc21. The van der Waals surface area contributed by atoms with Crippen LogP contribution in [-0.4, -0.2) is 29.6 Å². The molecule has 0 saturated carbocycles. The molecule has 2 heterocycles. The van der Waals surface area contributed by atoms with Crippen LogP contribution in [0.3, 0.4) is 0 Å². The third-order valence-electron chi connectivity index (χ3n) is 4.89. The predicted octanol–water partition coefficient (Wildman–Crippen LogP) is 3.07. The number of hydrogen-bond donors (Lipinski definition) is 2. The molecule has 142 valence electrons. The fourth-order valence-corrected chi connectivity index (χ4v) is 4.22. The van der Waals surface area contributed by atoms with E-state index in [0.29, 0.717) is 22.2 Å². The quantitative estimate of drug-likeness (QED) is 0.823. The van der Waals surface area contributed by atoms with Crippen LogP contribution in [0.2, 0.25) is 0 Å². The topological polar surface area (TPSA) is 89.6 Å². The lowest BCUT2D eigenvalue weighted by Crippen LogP contribution is -2.35. The van der Waals surface area contributed by atoms with Crippen molar-refractivity contribution < 1.29 is 19.1 Å². The number of aryl methyl sites for hydroxylation is 1. The van der Waals surface area contributed by atoms with E-state index >= 15 is 0 Å². The third-order valence-corrected chi connectivity index (χ3v) is 5.94. The Bertz CT molecular complexity index is 895. The zero-order valence-electron chi connectivity index (χ0n) is 15.2. The maximum atomic E-state index is 12.5. The van der Waals surface area contributed by atoms with Crippen LogP contribution < -0.4 is 20.1 Å². The number of amides is 2. The van der Waals surface area contributed by atoms with E-state index in [9.17, 15) is 9.59 Å². The van der Waals surface area contributed by atoms with Crippen molar-refractivity contribution in [2.45, 2.75) is 45.1 Å². The van der Waals surface area contributed by atoms with Crippen LogP contribution >= 0.6 is 11.3 Å². The fourth-order valence-electron chi connectivity index (χ4n) is 3.19. The average Bonchev–Trinajstić information content (AvgIpc) is 3.35. The first kappa shape index (κ1) is 17.8. The highest BCUT2D eigenvalue weighted by Crippen LogP contribution is 2.39. The van der Waals surface area contributed by atoms with Gasteiger partial charge in [-0.3, -0.25) is 14.9 Å². The summed E-state index contributed by atoms with van der Waals surface area (Å²) in [6, 6.07) is 5.20.